The molecule has 0 spiro atoms. The molecule has 60 heavy (non-hydrogen) atoms. The molecule has 11 atom stereocenters. The molecule has 3 aromatic carbocycles. The Hall–Kier alpha value is -4.19. The third-order valence-electron chi connectivity index (χ3n) is 15.2. The maximum Gasteiger partial charge on any atom is 0.338 e. The van der Waals surface area contributed by atoms with Gasteiger partial charge in [-0.15, -0.1) is 0 Å². The third-order valence-corrected chi connectivity index (χ3v) is 15.2. The van der Waals surface area contributed by atoms with Crippen molar-refractivity contribution >= 4 is 17.7 Å². The number of Topliss-reactive ketones (excluding diaryl/α,β-unsaturated/α-hetero) is 1. The van der Waals surface area contributed by atoms with Crippen LogP contribution in [0.2, 0.25) is 0 Å². The molecule has 0 radical (unpaired) electrons. The van der Waals surface area contributed by atoms with Gasteiger partial charge in [0.25, 0.3) is 0 Å². The molecular formula is C50H60O10. The molecule has 320 valence electrons. The van der Waals surface area contributed by atoms with Gasteiger partial charge in [0.15, 0.2) is 11.9 Å². The van der Waals surface area contributed by atoms with Gasteiger partial charge in [-0.1, -0.05) is 99.6 Å². The molecule has 3 aliphatic carbocycles. The Bertz CT molecular complexity index is 2160. The summed E-state index contributed by atoms with van der Waals surface area (Å²) in [5, 5.41) is 26.5. The van der Waals surface area contributed by atoms with Crippen molar-refractivity contribution in [3.8, 4) is 0 Å². The van der Waals surface area contributed by atoms with Crippen LogP contribution in [0.25, 0.3) is 0 Å². The minimum Gasteiger partial charge on any atom is -0.456 e. The molecule has 2 N–H and O–H groups in total. The Balaban J connectivity index is 1.27. The van der Waals surface area contributed by atoms with Gasteiger partial charge in [-0.25, -0.2) is 9.59 Å². The van der Waals surface area contributed by atoms with Crippen molar-refractivity contribution in [1.29, 1.82) is 0 Å². The smallest absolute Gasteiger partial charge is 0.338 e. The van der Waals surface area contributed by atoms with Gasteiger partial charge in [0, 0.05) is 35.5 Å². The molecule has 10 heteroatoms. The molecule has 2 saturated carbocycles. The molecule has 3 aromatic rings. The Labute approximate surface area is 353 Å². The monoisotopic (exact) mass is 820 g/mol. The number of ether oxygens (including phenoxy) is 5. The molecule has 2 heterocycles. The largest absolute Gasteiger partial charge is 0.456 e. The zero-order valence-corrected chi connectivity index (χ0v) is 36.3. The fourth-order valence-electron chi connectivity index (χ4n) is 11.7. The van der Waals surface area contributed by atoms with E-state index in [1.165, 1.54) is 0 Å². The summed E-state index contributed by atoms with van der Waals surface area (Å²) >= 11 is 0. The van der Waals surface area contributed by atoms with Crippen LogP contribution >= 0.6 is 0 Å². The molecule has 0 aromatic heterocycles. The first kappa shape index (κ1) is 42.5. The fraction of sp³-hybridized carbons (Fsp3) is 0.540. The van der Waals surface area contributed by atoms with Crippen molar-refractivity contribution in [2.24, 2.45) is 22.2 Å². The molecule has 2 aliphatic heterocycles. The second-order valence-corrected chi connectivity index (χ2v) is 20.0. The maximum atomic E-state index is 15.7. The summed E-state index contributed by atoms with van der Waals surface area (Å²) in [4.78, 5) is 44.6. The van der Waals surface area contributed by atoms with Crippen LogP contribution in [0.5, 0.6) is 0 Å². The zero-order valence-electron chi connectivity index (χ0n) is 36.3. The van der Waals surface area contributed by atoms with Crippen LogP contribution in [0.4, 0.5) is 0 Å². The highest BCUT2D eigenvalue weighted by atomic mass is 16.6. The molecule has 2 bridgehead atoms. The number of esters is 2. The second-order valence-electron chi connectivity index (χ2n) is 20.0. The number of aliphatic hydroxyl groups is 2. The van der Waals surface area contributed by atoms with E-state index in [9.17, 15) is 19.8 Å². The first-order valence-corrected chi connectivity index (χ1v) is 21.4. The molecule has 0 unspecified atom stereocenters. The first-order valence-electron chi connectivity index (χ1n) is 21.4. The van der Waals surface area contributed by atoms with E-state index in [0.29, 0.717) is 18.4 Å². The first-order chi connectivity index (χ1) is 28.2. The van der Waals surface area contributed by atoms with E-state index in [1.807, 2.05) is 95.3 Å². The van der Waals surface area contributed by atoms with E-state index in [1.54, 1.807) is 58.0 Å². The number of fused-ring (bicyclic) bond motifs is 5. The Morgan fingerprint density at radius 2 is 1.43 bits per heavy atom. The third kappa shape index (κ3) is 6.60. The second kappa shape index (κ2) is 14.7. The summed E-state index contributed by atoms with van der Waals surface area (Å²) in [5.41, 5.74) is -4.42. The van der Waals surface area contributed by atoms with E-state index < -0.39 is 93.3 Å². The lowest BCUT2D eigenvalue weighted by Gasteiger charge is -2.68. The quantitative estimate of drug-likeness (QED) is 0.172. The highest BCUT2D eigenvalue weighted by Gasteiger charge is 2.76. The van der Waals surface area contributed by atoms with Crippen LogP contribution < -0.4 is 0 Å². The molecule has 4 fully saturated rings. The highest BCUT2D eigenvalue weighted by molar-refractivity contribution is 5.94. The fourth-order valence-corrected chi connectivity index (χ4v) is 11.7. The van der Waals surface area contributed by atoms with Crippen LogP contribution in [-0.2, 0) is 38.9 Å². The van der Waals surface area contributed by atoms with Crippen molar-refractivity contribution in [2.45, 2.75) is 141 Å². The lowest BCUT2D eigenvalue weighted by Crippen LogP contribution is -2.78. The summed E-state index contributed by atoms with van der Waals surface area (Å²) in [6, 6.07) is 28.0. The van der Waals surface area contributed by atoms with Crippen molar-refractivity contribution in [3.63, 3.8) is 0 Å². The van der Waals surface area contributed by atoms with Crippen LogP contribution in [0.1, 0.15) is 109 Å². The minimum atomic E-state index is -2.00. The summed E-state index contributed by atoms with van der Waals surface area (Å²) in [5.74, 6) is -3.03. The molecule has 8 rings (SSSR count). The van der Waals surface area contributed by atoms with Crippen LogP contribution in [0.3, 0.4) is 0 Å². The summed E-state index contributed by atoms with van der Waals surface area (Å²) in [6.45, 7) is 17.1. The Morgan fingerprint density at radius 1 is 0.833 bits per heavy atom. The Kier molecular flexibility index (Phi) is 10.4. The lowest BCUT2D eigenvalue weighted by molar-refractivity contribution is -0.325. The topological polar surface area (TPSA) is 138 Å². The van der Waals surface area contributed by atoms with Gasteiger partial charge in [0.1, 0.15) is 23.9 Å². The minimum absolute atomic E-state index is 0.184. The van der Waals surface area contributed by atoms with Crippen LogP contribution in [-0.4, -0.2) is 82.4 Å². The molecular weight excluding hydrogens is 761 g/mol. The summed E-state index contributed by atoms with van der Waals surface area (Å²) in [7, 11) is 0. The van der Waals surface area contributed by atoms with Crippen molar-refractivity contribution in [1.82, 2.24) is 0 Å². The summed E-state index contributed by atoms with van der Waals surface area (Å²) < 4.78 is 32.9. The average Bonchev–Trinajstić information content (AvgIpc) is 3.55. The van der Waals surface area contributed by atoms with Gasteiger partial charge >= 0.3 is 11.9 Å². The number of carbonyl (C=O) groups is 3. The highest BCUT2D eigenvalue weighted by Crippen LogP contribution is 2.66. The van der Waals surface area contributed by atoms with E-state index in [-0.39, 0.29) is 30.1 Å². The number of hydrogen-bond donors (Lipinski definition) is 2. The van der Waals surface area contributed by atoms with Crippen LogP contribution in [0, 0.1) is 22.2 Å². The standard InChI is InChI=1S/C50H60O10/c1-29-34(57-44(54)39-33(26-45(2,3)60-39)30-19-13-10-14-20-30)27-50(55)42(58-43(53)31-21-15-11-16-22-31)40-48(8)28-56-35(48)25-36(59-47(6,7)32-23-17-12-18-24-32)49(40,9)41(52)38(51)37(29)46(50,4)5/h10-24,33-36,38-40,42,51,55H,25-28H2,1-9H3/t33-,34+,35-,36+,38-,39-,40-,42+,48-,49-,50-/m1/s1. The number of rotatable bonds is 8. The SMILES string of the molecule is CC1=C2[C@@H](O)C(=O)[C@]3(C)[C@@H](OC(C)(C)c4ccccc4)C[C@H]4OC[C@@]4(C)[C@H]3[C@H](OC(=O)c3ccccc3)[C@](O)(C[C@@H]1OC(=O)[C@@H]1OC(C)(C)C[C@@H]1c1ccccc1)C2(C)C. The number of aliphatic hydroxyl groups excluding tert-OH is 1. The van der Waals surface area contributed by atoms with Crippen LogP contribution in [0.15, 0.2) is 102 Å². The van der Waals surface area contributed by atoms with Gasteiger partial charge in [-0.2, -0.15) is 0 Å². The predicted octanol–water partition coefficient (Wildman–Crippen LogP) is 7.65. The molecule has 5 aliphatic rings. The number of hydrogen-bond acceptors (Lipinski definition) is 10. The zero-order chi connectivity index (χ0) is 43.2. The number of benzene rings is 3. The van der Waals surface area contributed by atoms with Gasteiger partial charge in [-0.3, -0.25) is 4.79 Å². The number of ketones is 1. The molecule has 0 amide bonds. The average molecular weight is 821 g/mol. The van der Waals surface area contributed by atoms with Gasteiger partial charge in [0.2, 0.25) is 0 Å². The normalized spacial score (nSPS) is 36.8. The van der Waals surface area contributed by atoms with Gasteiger partial charge in [-0.05, 0) is 82.4 Å². The van der Waals surface area contributed by atoms with Crippen molar-refractivity contribution in [2.75, 3.05) is 6.61 Å². The maximum absolute atomic E-state index is 15.7. The van der Waals surface area contributed by atoms with E-state index in [0.717, 1.165) is 11.1 Å². The van der Waals surface area contributed by atoms with Gasteiger partial charge in [0.05, 0.1) is 41.0 Å². The summed E-state index contributed by atoms with van der Waals surface area (Å²) in [6.07, 6.45) is -5.68. The van der Waals surface area contributed by atoms with Gasteiger partial charge < -0.3 is 33.9 Å². The lowest BCUT2D eigenvalue weighted by atomic mass is 9.42. The van der Waals surface area contributed by atoms with E-state index in [2.05, 4.69) is 0 Å². The predicted molar refractivity (Wildman–Crippen MR) is 224 cm³/mol. The van der Waals surface area contributed by atoms with Crippen molar-refractivity contribution < 1.29 is 48.3 Å². The van der Waals surface area contributed by atoms with Crippen molar-refractivity contribution in [3.05, 3.63) is 119 Å². The molecule has 2 saturated heterocycles. The number of carbonyl (C=O) groups excluding carboxylic acids is 3. The Morgan fingerprint density at radius 3 is 2.03 bits per heavy atom. The van der Waals surface area contributed by atoms with E-state index >= 15 is 4.79 Å². The molecule has 10 nitrogen and oxygen atoms in total. The van der Waals surface area contributed by atoms with E-state index in [4.69, 9.17) is 23.7 Å².